The molecule has 2 aliphatic rings. The lowest BCUT2D eigenvalue weighted by Gasteiger charge is -2.29. The Morgan fingerprint density at radius 1 is 0.471 bits per heavy atom. The number of benzene rings is 5. The van der Waals surface area contributed by atoms with Crippen molar-refractivity contribution in [3.05, 3.63) is 137 Å². The maximum Gasteiger partial charge on any atom is 0.0503 e. The Balaban J connectivity index is 1.47. The Morgan fingerprint density at radius 3 is 1.47 bits per heavy atom. The van der Waals surface area contributed by atoms with Crippen molar-refractivity contribution >= 4 is 17.1 Å². The highest BCUT2D eigenvalue weighted by molar-refractivity contribution is 5.91. The minimum Gasteiger partial charge on any atom is -0.310 e. The van der Waals surface area contributed by atoms with Crippen molar-refractivity contribution in [2.45, 2.75) is 19.8 Å². The molecule has 7 rings (SSSR count). The zero-order chi connectivity index (χ0) is 22.6. The average Bonchev–Trinajstić information content (AvgIpc) is 3.45. The highest BCUT2D eigenvalue weighted by Gasteiger charge is 2.28. The summed E-state index contributed by atoms with van der Waals surface area (Å²) < 4.78 is 0. The van der Waals surface area contributed by atoms with Crippen LogP contribution in [0.15, 0.2) is 109 Å². The Bertz CT molecular complexity index is 1460. The van der Waals surface area contributed by atoms with E-state index in [1.54, 1.807) is 0 Å². The van der Waals surface area contributed by atoms with E-state index in [0.717, 1.165) is 12.8 Å². The van der Waals surface area contributed by atoms with Crippen LogP contribution in [0.1, 0.15) is 27.8 Å². The molecule has 162 valence electrons. The number of aryl methyl sites for hydroxylation is 1. The van der Waals surface area contributed by atoms with Gasteiger partial charge in [0, 0.05) is 18.5 Å². The Kier molecular flexibility index (Phi) is 4.25. The maximum atomic E-state index is 2.49. The number of fused-ring (bicyclic) bond motifs is 6. The van der Waals surface area contributed by atoms with E-state index in [1.807, 2.05) is 0 Å². The second kappa shape index (κ2) is 7.46. The molecule has 0 saturated heterocycles. The monoisotopic (exact) mass is 435 g/mol. The van der Waals surface area contributed by atoms with Gasteiger partial charge in [-0.2, -0.15) is 0 Å². The molecule has 0 atom stereocenters. The predicted molar refractivity (Wildman–Crippen MR) is 142 cm³/mol. The van der Waals surface area contributed by atoms with Crippen LogP contribution in [0, 0.1) is 6.92 Å². The second-order valence-electron chi connectivity index (χ2n) is 9.45. The number of hydrogen-bond donors (Lipinski definition) is 0. The summed E-state index contributed by atoms with van der Waals surface area (Å²) in [5.41, 5.74) is 16.2. The van der Waals surface area contributed by atoms with Crippen LogP contribution in [0.3, 0.4) is 0 Å². The lowest BCUT2D eigenvalue weighted by molar-refractivity contribution is 1.16. The summed E-state index contributed by atoms with van der Waals surface area (Å²) in [5, 5.41) is 0. The van der Waals surface area contributed by atoms with Crippen LogP contribution >= 0.6 is 0 Å². The minimum atomic E-state index is 0.972. The molecule has 0 radical (unpaired) electrons. The first kappa shape index (κ1) is 19.4. The molecule has 0 unspecified atom stereocenters. The molecule has 0 bridgehead atoms. The molecule has 0 aliphatic heterocycles. The Morgan fingerprint density at radius 2 is 0.941 bits per heavy atom. The van der Waals surface area contributed by atoms with Gasteiger partial charge in [0.2, 0.25) is 0 Å². The molecule has 0 N–H and O–H groups in total. The molecule has 0 aromatic heterocycles. The average molecular weight is 436 g/mol. The van der Waals surface area contributed by atoms with Gasteiger partial charge in [-0.15, -0.1) is 0 Å². The quantitative estimate of drug-likeness (QED) is 0.268. The number of anilines is 3. The van der Waals surface area contributed by atoms with E-state index >= 15 is 0 Å². The van der Waals surface area contributed by atoms with E-state index in [2.05, 4.69) is 121 Å². The third-order valence-corrected chi connectivity index (χ3v) is 7.43. The lowest BCUT2D eigenvalue weighted by Crippen LogP contribution is -2.14. The first-order chi connectivity index (χ1) is 16.8. The number of hydrogen-bond acceptors (Lipinski definition) is 1. The zero-order valence-electron chi connectivity index (χ0n) is 19.3. The standard InChI is InChI=1S/C33H25N/c1-22-16-18-25(19-17-22)34(32-14-6-12-28-26-10-4-2-8-23(26)20-30(28)32)33-15-7-13-29-27-11-5-3-9-24(27)21-31(29)33/h2-19H,20-21H2,1H3. The summed E-state index contributed by atoms with van der Waals surface area (Å²) in [5.74, 6) is 0. The molecule has 0 spiro atoms. The van der Waals surface area contributed by atoms with Crippen LogP contribution in [0.2, 0.25) is 0 Å². The van der Waals surface area contributed by atoms with Crippen molar-refractivity contribution in [2.75, 3.05) is 4.90 Å². The van der Waals surface area contributed by atoms with Gasteiger partial charge >= 0.3 is 0 Å². The van der Waals surface area contributed by atoms with E-state index in [0.29, 0.717) is 0 Å². The Hall–Kier alpha value is -4.10. The van der Waals surface area contributed by atoms with Crippen LogP contribution in [0.5, 0.6) is 0 Å². The zero-order valence-corrected chi connectivity index (χ0v) is 19.3. The fourth-order valence-electron chi connectivity index (χ4n) is 5.80. The molecule has 5 aromatic rings. The van der Waals surface area contributed by atoms with E-state index in [-0.39, 0.29) is 0 Å². The summed E-state index contributed by atoms with van der Waals surface area (Å²) >= 11 is 0. The first-order valence-electron chi connectivity index (χ1n) is 12.0. The van der Waals surface area contributed by atoms with Crippen LogP contribution < -0.4 is 4.90 Å². The summed E-state index contributed by atoms with van der Waals surface area (Å²) in [6, 6.07) is 40.2. The van der Waals surface area contributed by atoms with Crippen molar-refractivity contribution in [3.63, 3.8) is 0 Å². The minimum absolute atomic E-state index is 0.972. The van der Waals surface area contributed by atoms with Crippen molar-refractivity contribution in [1.29, 1.82) is 0 Å². The first-order valence-corrected chi connectivity index (χ1v) is 12.0. The van der Waals surface area contributed by atoms with Crippen LogP contribution in [0.25, 0.3) is 22.3 Å². The van der Waals surface area contributed by atoms with Gasteiger partial charge in [-0.05, 0) is 75.7 Å². The van der Waals surface area contributed by atoms with Gasteiger partial charge in [0.15, 0.2) is 0 Å². The van der Waals surface area contributed by atoms with Crippen molar-refractivity contribution < 1.29 is 0 Å². The maximum absolute atomic E-state index is 2.49. The van der Waals surface area contributed by atoms with Gasteiger partial charge in [0.25, 0.3) is 0 Å². The van der Waals surface area contributed by atoms with Gasteiger partial charge in [0.1, 0.15) is 0 Å². The van der Waals surface area contributed by atoms with Crippen LogP contribution in [0.4, 0.5) is 17.1 Å². The van der Waals surface area contributed by atoms with Gasteiger partial charge in [0.05, 0.1) is 11.4 Å². The summed E-state index contributed by atoms with van der Waals surface area (Å²) in [6.07, 6.45) is 1.94. The summed E-state index contributed by atoms with van der Waals surface area (Å²) in [7, 11) is 0. The Labute approximate surface area is 201 Å². The van der Waals surface area contributed by atoms with Crippen molar-refractivity contribution in [3.8, 4) is 22.3 Å². The third-order valence-electron chi connectivity index (χ3n) is 7.43. The number of nitrogens with zero attached hydrogens (tertiary/aromatic N) is 1. The smallest absolute Gasteiger partial charge is 0.0503 e. The van der Waals surface area contributed by atoms with E-state index < -0.39 is 0 Å². The second-order valence-corrected chi connectivity index (χ2v) is 9.45. The van der Waals surface area contributed by atoms with Crippen LogP contribution in [-0.2, 0) is 12.8 Å². The normalized spacial score (nSPS) is 12.6. The SMILES string of the molecule is Cc1ccc(N(c2cccc3c2Cc2ccccc2-3)c2cccc3c2Cc2ccccc2-3)cc1. The summed E-state index contributed by atoms with van der Waals surface area (Å²) in [4.78, 5) is 2.49. The molecule has 0 amide bonds. The number of rotatable bonds is 3. The molecule has 5 aromatic carbocycles. The van der Waals surface area contributed by atoms with E-state index in [1.165, 1.54) is 67.1 Å². The largest absolute Gasteiger partial charge is 0.310 e. The molecule has 34 heavy (non-hydrogen) atoms. The fraction of sp³-hybridized carbons (Fsp3) is 0.0909. The molecule has 0 heterocycles. The molecule has 1 nitrogen and oxygen atoms in total. The van der Waals surface area contributed by atoms with Crippen LogP contribution in [-0.4, -0.2) is 0 Å². The highest BCUT2D eigenvalue weighted by atomic mass is 15.1. The molecular formula is C33H25N. The lowest BCUT2D eigenvalue weighted by atomic mass is 10.0. The van der Waals surface area contributed by atoms with E-state index in [4.69, 9.17) is 0 Å². The van der Waals surface area contributed by atoms with Crippen molar-refractivity contribution in [2.24, 2.45) is 0 Å². The molecular weight excluding hydrogens is 410 g/mol. The van der Waals surface area contributed by atoms with Gasteiger partial charge in [-0.25, -0.2) is 0 Å². The topological polar surface area (TPSA) is 3.24 Å². The third kappa shape index (κ3) is 2.87. The fourth-order valence-corrected chi connectivity index (χ4v) is 5.80. The van der Waals surface area contributed by atoms with Gasteiger partial charge in [-0.1, -0.05) is 90.5 Å². The van der Waals surface area contributed by atoms with Gasteiger partial charge in [-0.3, -0.25) is 0 Å². The molecule has 2 aliphatic carbocycles. The molecule has 0 fully saturated rings. The predicted octanol–water partition coefficient (Wildman–Crippen LogP) is 8.61. The van der Waals surface area contributed by atoms with Gasteiger partial charge < -0.3 is 4.90 Å². The molecule has 1 heteroatoms. The summed E-state index contributed by atoms with van der Waals surface area (Å²) in [6.45, 7) is 2.15. The van der Waals surface area contributed by atoms with E-state index in [9.17, 15) is 0 Å². The van der Waals surface area contributed by atoms with Crippen molar-refractivity contribution in [1.82, 2.24) is 0 Å². The highest BCUT2D eigenvalue weighted by Crippen LogP contribution is 2.49. The molecule has 0 saturated carbocycles.